The summed E-state index contributed by atoms with van der Waals surface area (Å²) in [5, 5.41) is 12.3. The van der Waals surface area contributed by atoms with E-state index in [4.69, 9.17) is 5.73 Å². The molecule has 150 valence electrons. The van der Waals surface area contributed by atoms with Gasteiger partial charge in [0.25, 0.3) is 5.91 Å². The summed E-state index contributed by atoms with van der Waals surface area (Å²) in [5.41, 5.74) is 7.44. The number of nitrogens with one attached hydrogen (secondary N) is 1. The van der Waals surface area contributed by atoms with Crippen molar-refractivity contribution in [1.29, 1.82) is 0 Å². The summed E-state index contributed by atoms with van der Waals surface area (Å²) in [5.74, 6) is -0.628. The highest BCUT2D eigenvalue weighted by Gasteiger charge is 2.19. The van der Waals surface area contributed by atoms with Gasteiger partial charge in [0.15, 0.2) is 21.3 Å². The number of nitrogens with two attached hydrogens (primary N) is 1. The summed E-state index contributed by atoms with van der Waals surface area (Å²) in [6.45, 7) is -0.296. The van der Waals surface area contributed by atoms with Gasteiger partial charge < -0.3 is 16.2 Å². The Hall–Kier alpha value is -3.30. The molecule has 0 spiro atoms. The molecule has 0 saturated heterocycles. The van der Waals surface area contributed by atoms with Gasteiger partial charge >= 0.3 is 0 Å². The van der Waals surface area contributed by atoms with Crippen LogP contribution in [0.2, 0.25) is 0 Å². The number of carbonyl (C=O) groups is 1. The van der Waals surface area contributed by atoms with Crippen molar-refractivity contribution in [2.75, 3.05) is 18.6 Å². The Morgan fingerprint density at radius 1 is 1.14 bits per heavy atom. The van der Waals surface area contributed by atoms with Gasteiger partial charge in [-0.3, -0.25) is 4.79 Å². The van der Waals surface area contributed by atoms with Crippen molar-refractivity contribution in [2.24, 2.45) is 0 Å². The molecule has 29 heavy (non-hydrogen) atoms. The summed E-state index contributed by atoms with van der Waals surface area (Å²) in [6, 6.07) is 14.5. The molecule has 0 unspecified atom stereocenters. The van der Waals surface area contributed by atoms with E-state index in [-0.39, 0.29) is 23.0 Å². The van der Waals surface area contributed by atoms with E-state index in [1.54, 1.807) is 36.4 Å². The van der Waals surface area contributed by atoms with Crippen LogP contribution in [0.25, 0.3) is 11.3 Å². The van der Waals surface area contributed by atoms with Crippen molar-refractivity contribution in [1.82, 2.24) is 15.3 Å². The Bertz CT molecular complexity index is 1120. The molecule has 0 fully saturated rings. The maximum atomic E-state index is 12.7. The number of hydrogen-bond acceptors (Lipinski definition) is 7. The minimum atomic E-state index is -3.32. The topological polar surface area (TPSA) is 135 Å². The van der Waals surface area contributed by atoms with Crippen molar-refractivity contribution in [3.8, 4) is 11.3 Å². The molecule has 9 heteroatoms. The second-order valence-electron chi connectivity index (χ2n) is 6.40. The Kier molecular flexibility index (Phi) is 5.90. The monoisotopic (exact) mass is 412 g/mol. The highest BCUT2D eigenvalue weighted by molar-refractivity contribution is 7.90. The van der Waals surface area contributed by atoms with Gasteiger partial charge in [0.05, 0.1) is 29.4 Å². The van der Waals surface area contributed by atoms with Crippen molar-refractivity contribution in [3.63, 3.8) is 0 Å². The summed E-state index contributed by atoms with van der Waals surface area (Å²) >= 11 is 0. The molecule has 0 aliphatic carbocycles. The summed E-state index contributed by atoms with van der Waals surface area (Å²) in [4.78, 5) is 21.2. The maximum absolute atomic E-state index is 12.7. The first-order chi connectivity index (χ1) is 13.8. The van der Waals surface area contributed by atoms with Gasteiger partial charge in [-0.1, -0.05) is 42.5 Å². The van der Waals surface area contributed by atoms with Crippen molar-refractivity contribution < 1.29 is 18.3 Å². The molecule has 0 bridgehead atoms. The molecule has 0 saturated carbocycles. The van der Waals surface area contributed by atoms with E-state index in [0.29, 0.717) is 11.3 Å². The average Bonchev–Trinajstić information content (AvgIpc) is 2.72. The summed E-state index contributed by atoms with van der Waals surface area (Å²) in [6.07, 6.45) is 2.53. The van der Waals surface area contributed by atoms with E-state index in [0.717, 1.165) is 11.8 Å². The van der Waals surface area contributed by atoms with Crippen LogP contribution < -0.4 is 11.1 Å². The lowest BCUT2D eigenvalue weighted by molar-refractivity contribution is 0.0912. The van der Waals surface area contributed by atoms with Gasteiger partial charge in [-0.2, -0.15) is 0 Å². The van der Waals surface area contributed by atoms with Gasteiger partial charge in [-0.25, -0.2) is 18.4 Å². The van der Waals surface area contributed by atoms with Gasteiger partial charge in [-0.15, -0.1) is 0 Å². The minimum Gasteiger partial charge on any atom is -0.394 e. The number of aromatic nitrogens is 2. The zero-order valence-electron chi connectivity index (χ0n) is 15.6. The lowest BCUT2D eigenvalue weighted by Crippen LogP contribution is -2.32. The first kappa shape index (κ1) is 20.4. The number of benzene rings is 2. The lowest BCUT2D eigenvalue weighted by atomic mass is 10.1. The Morgan fingerprint density at radius 3 is 2.38 bits per heavy atom. The Labute approximate surface area is 168 Å². The van der Waals surface area contributed by atoms with Crippen molar-refractivity contribution in [2.45, 2.75) is 10.9 Å². The molecule has 1 amide bonds. The summed E-state index contributed by atoms with van der Waals surface area (Å²) < 4.78 is 23.2. The molecular weight excluding hydrogens is 392 g/mol. The van der Waals surface area contributed by atoms with Crippen molar-refractivity contribution in [3.05, 3.63) is 72.1 Å². The first-order valence-electron chi connectivity index (χ1n) is 8.69. The molecule has 1 atom stereocenters. The third kappa shape index (κ3) is 4.76. The molecule has 3 rings (SSSR count). The molecule has 8 nitrogen and oxygen atoms in total. The number of nitrogen functional groups attached to an aromatic ring is 1. The summed E-state index contributed by atoms with van der Waals surface area (Å²) in [7, 11) is -3.32. The molecule has 2 aromatic carbocycles. The fraction of sp³-hybridized carbons (Fsp3) is 0.150. The smallest absolute Gasteiger partial charge is 0.274 e. The van der Waals surface area contributed by atoms with E-state index in [1.807, 2.05) is 6.07 Å². The quantitative estimate of drug-likeness (QED) is 0.559. The predicted octanol–water partition coefficient (Wildman–Crippen LogP) is 1.59. The molecule has 4 N–H and O–H groups in total. The second kappa shape index (κ2) is 8.38. The lowest BCUT2D eigenvalue weighted by Gasteiger charge is -2.17. The predicted molar refractivity (Wildman–Crippen MR) is 109 cm³/mol. The zero-order chi connectivity index (χ0) is 21.0. The Balaban J connectivity index is 1.88. The van der Waals surface area contributed by atoms with E-state index in [9.17, 15) is 18.3 Å². The molecule has 0 aliphatic heterocycles. The van der Waals surface area contributed by atoms with Crippen LogP contribution in [0.1, 0.15) is 22.1 Å². The number of aliphatic hydroxyl groups excluding tert-OH is 1. The van der Waals surface area contributed by atoms with Gasteiger partial charge in [-0.05, 0) is 17.7 Å². The molecule has 1 heterocycles. The number of amides is 1. The molecule has 0 aliphatic rings. The fourth-order valence-corrected chi connectivity index (χ4v) is 3.35. The highest BCUT2D eigenvalue weighted by Crippen LogP contribution is 2.21. The van der Waals surface area contributed by atoms with E-state index >= 15 is 0 Å². The van der Waals surface area contributed by atoms with Crippen LogP contribution in [0.15, 0.2) is 65.7 Å². The van der Waals surface area contributed by atoms with Gasteiger partial charge in [0.1, 0.15) is 0 Å². The number of carbonyl (C=O) groups excluding carboxylic acids is 1. The number of rotatable bonds is 6. The third-order valence-electron chi connectivity index (χ3n) is 4.28. The van der Waals surface area contributed by atoms with Gasteiger partial charge in [0.2, 0.25) is 0 Å². The van der Waals surface area contributed by atoms with Crippen LogP contribution >= 0.6 is 0 Å². The van der Waals surface area contributed by atoms with Crippen molar-refractivity contribution >= 4 is 21.6 Å². The highest BCUT2D eigenvalue weighted by atomic mass is 32.2. The number of sulfone groups is 1. The van der Waals surface area contributed by atoms with Crippen LogP contribution in [0.4, 0.5) is 5.82 Å². The molecule has 3 aromatic rings. The van der Waals surface area contributed by atoms with Crippen LogP contribution in [0, 0.1) is 0 Å². The Morgan fingerprint density at radius 2 is 1.79 bits per heavy atom. The van der Waals surface area contributed by atoms with Crippen LogP contribution in [-0.2, 0) is 9.84 Å². The van der Waals surface area contributed by atoms with E-state index < -0.39 is 21.8 Å². The zero-order valence-corrected chi connectivity index (χ0v) is 16.4. The number of hydrogen-bond donors (Lipinski definition) is 3. The molecular formula is C20H20N4O4S. The second-order valence-corrected chi connectivity index (χ2v) is 8.42. The number of nitrogens with zero attached hydrogens (tertiary/aromatic N) is 2. The normalized spacial score (nSPS) is 12.3. The van der Waals surface area contributed by atoms with Gasteiger partial charge in [0, 0.05) is 11.8 Å². The number of aliphatic hydroxyl groups is 1. The first-order valence-corrected chi connectivity index (χ1v) is 10.6. The van der Waals surface area contributed by atoms with Crippen LogP contribution in [-0.4, -0.2) is 42.3 Å². The fourth-order valence-electron chi connectivity index (χ4n) is 2.72. The molecule has 1 aromatic heterocycles. The van der Waals surface area contributed by atoms with Crippen LogP contribution in [0.3, 0.4) is 0 Å². The molecule has 0 radical (unpaired) electrons. The van der Waals surface area contributed by atoms with E-state index in [2.05, 4.69) is 15.3 Å². The van der Waals surface area contributed by atoms with E-state index in [1.165, 1.54) is 18.3 Å². The maximum Gasteiger partial charge on any atom is 0.274 e. The minimum absolute atomic E-state index is 0.0521. The third-order valence-corrected chi connectivity index (χ3v) is 5.41. The van der Waals surface area contributed by atoms with Crippen LogP contribution in [0.5, 0.6) is 0 Å². The number of anilines is 1. The average molecular weight is 412 g/mol. The largest absolute Gasteiger partial charge is 0.394 e. The SMILES string of the molecule is CS(=O)(=O)c1ccc(-c2cnc(N)c(C(=O)N[C@H](CO)c3ccccc3)n2)cc1. The standard InChI is InChI=1S/C20H20N4O4S/c1-29(27,28)15-9-7-14(8-10-15)16-11-22-19(21)18(23-16)20(26)24-17(12-25)13-5-3-2-4-6-13/h2-11,17,25H,12H2,1H3,(H2,21,22)(H,24,26)/t17-/m1/s1.